The van der Waals surface area contributed by atoms with Crippen molar-refractivity contribution < 1.29 is 23.5 Å². The lowest BCUT2D eigenvalue weighted by Crippen LogP contribution is -2.07. The molecule has 0 bridgehead atoms. The number of aryl methyl sites for hydroxylation is 1. The number of furan rings is 1. The molecule has 0 unspecified atom stereocenters. The van der Waals surface area contributed by atoms with E-state index in [2.05, 4.69) is 11.5 Å². The Bertz CT molecular complexity index is 1310. The van der Waals surface area contributed by atoms with Crippen LogP contribution in [0.3, 0.4) is 0 Å². The summed E-state index contributed by atoms with van der Waals surface area (Å²) in [6.07, 6.45) is 5.16. The Kier molecular flexibility index (Phi) is 4.25. The van der Waals surface area contributed by atoms with E-state index < -0.39 is 5.97 Å². The molecule has 0 saturated carbocycles. The number of benzene rings is 2. The van der Waals surface area contributed by atoms with Crippen LogP contribution in [0.1, 0.15) is 33.4 Å². The molecule has 0 fully saturated rings. The lowest BCUT2D eigenvalue weighted by molar-refractivity contribution is 0.0701. The van der Waals surface area contributed by atoms with Crippen LogP contribution in [0.25, 0.3) is 17.0 Å². The summed E-state index contributed by atoms with van der Waals surface area (Å²) in [5.74, 6) is 0.135. The topological polar surface area (TPSA) is 70.7 Å². The molecule has 4 aromatic rings. The van der Waals surface area contributed by atoms with E-state index in [-0.39, 0.29) is 23.1 Å². The van der Waals surface area contributed by atoms with Crippen LogP contribution in [0.4, 0.5) is 0 Å². The van der Waals surface area contributed by atoms with E-state index in [1.165, 1.54) is 18.4 Å². The van der Waals surface area contributed by atoms with Gasteiger partial charge in [0.15, 0.2) is 5.76 Å². The van der Waals surface area contributed by atoms with Gasteiger partial charge in [-0.05, 0) is 43.3 Å². The summed E-state index contributed by atoms with van der Waals surface area (Å²) in [6, 6.07) is 15.8. The van der Waals surface area contributed by atoms with E-state index in [9.17, 15) is 9.59 Å². The number of ketones is 1. The van der Waals surface area contributed by atoms with Gasteiger partial charge in [-0.2, -0.15) is 0 Å². The SMILES string of the molecule is CCn1cc(/C=C2/Oc3cc(OC(=O)c4ccco4)ccc3C2=O)c2ccccc21. The lowest BCUT2D eigenvalue weighted by Gasteiger charge is -2.04. The molecule has 1 aliphatic rings. The van der Waals surface area contributed by atoms with Crippen molar-refractivity contribution in [3.05, 3.63) is 89.7 Å². The van der Waals surface area contributed by atoms with Crippen LogP contribution >= 0.6 is 0 Å². The Morgan fingerprint density at radius 1 is 1.13 bits per heavy atom. The third-order valence-corrected chi connectivity index (χ3v) is 5.02. The zero-order valence-corrected chi connectivity index (χ0v) is 16.1. The first-order chi connectivity index (χ1) is 14.6. The zero-order valence-electron chi connectivity index (χ0n) is 16.1. The summed E-state index contributed by atoms with van der Waals surface area (Å²) in [5, 5.41) is 1.05. The summed E-state index contributed by atoms with van der Waals surface area (Å²) in [6.45, 7) is 2.89. The quantitative estimate of drug-likeness (QED) is 0.272. The normalized spacial score (nSPS) is 14.2. The summed E-state index contributed by atoms with van der Waals surface area (Å²) in [7, 11) is 0. The van der Waals surface area contributed by atoms with Crippen molar-refractivity contribution in [1.29, 1.82) is 0 Å². The molecule has 0 spiro atoms. The van der Waals surface area contributed by atoms with Crippen LogP contribution in [0.5, 0.6) is 11.5 Å². The van der Waals surface area contributed by atoms with E-state index in [0.717, 1.165) is 23.0 Å². The summed E-state index contributed by atoms with van der Waals surface area (Å²) >= 11 is 0. The summed E-state index contributed by atoms with van der Waals surface area (Å²) < 4.78 is 18.3. The number of fused-ring (bicyclic) bond motifs is 2. The molecular weight excluding hydrogens is 382 g/mol. The number of allylic oxidation sites excluding steroid dienone is 1. The number of esters is 1. The van der Waals surface area contributed by atoms with Gasteiger partial charge in [-0.25, -0.2) is 4.79 Å². The highest BCUT2D eigenvalue weighted by Gasteiger charge is 2.28. The molecule has 30 heavy (non-hydrogen) atoms. The maximum absolute atomic E-state index is 12.8. The molecular formula is C24H17NO5. The van der Waals surface area contributed by atoms with Gasteiger partial charge in [-0.15, -0.1) is 0 Å². The maximum atomic E-state index is 12.8. The van der Waals surface area contributed by atoms with E-state index in [1.54, 1.807) is 24.3 Å². The van der Waals surface area contributed by atoms with E-state index in [4.69, 9.17) is 13.9 Å². The molecule has 148 valence electrons. The Balaban J connectivity index is 1.45. The Morgan fingerprint density at radius 3 is 2.80 bits per heavy atom. The van der Waals surface area contributed by atoms with Gasteiger partial charge < -0.3 is 18.5 Å². The molecule has 0 amide bonds. The van der Waals surface area contributed by atoms with Crippen LogP contribution in [-0.4, -0.2) is 16.3 Å². The van der Waals surface area contributed by atoms with E-state index in [1.807, 2.05) is 30.5 Å². The van der Waals surface area contributed by atoms with E-state index >= 15 is 0 Å². The van der Waals surface area contributed by atoms with Crippen molar-refractivity contribution >= 4 is 28.7 Å². The molecule has 6 heteroatoms. The smallest absolute Gasteiger partial charge is 0.379 e. The predicted molar refractivity (Wildman–Crippen MR) is 111 cm³/mol. The van der Waals surface area contributed by atoms with Crippen LogP contribution in [0.2, 0.25) is 0 Å². The molecule has 1 aliphatic heterocycles. The number of para-hydroxylation sites is 1. The molecule has 5 rings (SSSR count). The minimum absolute atomic E-state index is 0.0976. The highest BCUT2D eigenvalue weighted by atomic mass is 16.5. The third kappa shape index (κ3) is 2.99. The second-order valence-corrected chi connectivity index (χ2v) is 6.85. The molecule has 0 N–H and O–H groups in total. The molecule has 0 atom stereocenters. The van der Waals surface area contributed by atoms with Crippen LogP contribution < -0.4 is 9.47 Å². The fourth-order valence-electron chi connectivity index (χ4n) is 3.58. The molecule has 2 aromatic heterocycles. The molecule has 3 heterocycles. The number of nitrogens with zero attached hydrogens (tertiary/aromatic N) is 1. The number of ether oxygens (including phenoxy) is 2. The van der Waals surface area contributed by atoms with Crippen molar-refractivity contribution in [2.24, 2.45) is 0 Å². The largest absolute Gasteiger partial charge is 0.457 e. The van der Waals surface area contributed by atoms with Crippen LogP contribution in [0, 0.1) is 0 Å². The van der Waals surface area contributed by atoms with Crippen molar-refractivity contribution in [2.75, 3.05) is 0 Å². The van der Waals surface area contributed by atoms with Crippen molar-refractivity contribution in [3.8, 4) is 11.5 Å². The van der Waals surface area contributed by atoms with Crippen molar-refractivity contribution in [1.82, 2.24) is 4.57 Å². The second-order valence-electron chi connectivity index (χ2n) is 6.85. The molecule has 6 nitrogen and oxygen atoms in total. The fourth-order valence-corrected chi connectivity index (χ4v) is 3.58. The Morgan fingerprint density at radius 2 is 2.00 bits per heavy atom. The average Bonchev–Trinajstić information content (AvgIpc) is 3.48. The first kappa shape index (κ1) is 18.0. The summed E-state index contributed by atoms with van der Waals surface area (Å²) in [4.78, 5) is 24.9. The monoisotopic (exact) mass is 399 g/mol. The van der Waals surface area contributed by atoms with Gasteiger partial charge in [-0.3, -0.25) is 4.79 Å². The maximum Gasteiger partial charge on any atom is 0.379 e. The van der Waals surface area contributed by atoms with E-state index in [0.29, 0.717) is 11.3 Å². The number of hydrogen-bond acceptors (Lipinski definition) is 5. The van der Waals surface area contributed by atoms with Crippen LogP contribution in [-0.2, 0) is 6.54 Å². The minimum atomic E-state index is -0.618. The first-order valence-corrected chi connectivity index (χ1v) is 9.56. The lowest BCUT2D eigenvalue weighted by atomic mass is 10.1. The molecule has 0 radical (unpaired) electrons. The van der Waals surface area contributed by atoms with Gasteiger partial charge >= 0.3 is 5.97 Å². The number of aromatic nitrogens is 1. The fraction of sp³-hybridized carbons (Fsp3) is 0.0833. The molecule has 0 aliphatic carbocycles. The highest BCUT2D eigenvalue weighted by Crippen LogP contribution is 2.36. The number of hydrogen-bond donors (Lipinski definition) is 0. The van der Waals surface area contributed by atoms with Gasteiger partial charge in [0, 0.05) is 35.3 Å². The number of carbonyl (C=O) groups excluding carboxylic acids is 2. The number of carbonyl (C=O) groups is 2. The number of Topliss-reactive ketones (excluding diaryl/α,β-unsaturated/α-hetero) is 1. The Hall–Kier alpha value is -4.06. The first-order valence-electron chi connectivity index (χ1n) is 9.56. The van der Waals surface area contributed by atoms with Crippen molar-refractivity contribution in [3.63, 3.8) is 0 Å². The minimum Gasteiger partial charge on any atom is -0.457 e. The van der Waals surface area contributed by atoms with Gasteiger partial charge in [0.1, 0.15) is 11.5 Å². The summed E-state index contributed by atoms with van der Waals surface area (Å²) in [5.41, 5.74) is 2.44. The van der Waals surface area contributed by atoms with Gasteiger partial charge in [0.2, 0.25) is 11.5 Å². The van der Waals surface area contributed by atoms with Gasteiger partial charge in [0.25, 0.3) is 0 Å². The standard InChI is InChI=1S/C24H17NO5/c1-2-25-14-15(17-6-3-4-7-19(17)25)12-22-23(26)18-10-9-16(13-21(18)30-22)29-24(27)20-8-5-11-28-20/h3-14H,2H2,1H3/b22-12+. The predicted octanol–water partition coefficient (Wildman–Crippen LogP) is 5.09. The van der Waals surface area contributed by atoms with Crippen LogP contribution in [0.15, 0.2) is 77.2 Å². The van der Waals surface area contributed by atoms with Crippen molar-refractivity contribution in [2.45, 2.75) is 13.5 Å². The molecule has 2 aromatic carbocycles. The second kappa shape index (κ2) is 7.08. The third-order valence-electron chi connectivity index (χ3n) is 5.02. The molecule has 0 saturated heterocycles. The zero-order chi connectivity index (χ0) is 20.7. The average molecular weight is 399 g/mol. The highest BCUT2D eigenvalue weighted by molar-refractivity contribution is 6.15. The van der Waals surface area contributed by atoms with Gasteiger partial charge in [-0.1, -0.05) is 18.2 Å². The Labute approximate surface area is 171 Å². The number of rotatable bonds is 4. The van der Waals surface area contributed by atoms with Gasteiger partial charge in [0.05, 0.1) is 11.8 Å².